The predicted octanol–water partition coefficient (Wildman–Crippen LogP) is 3.02. The molecule has 2 heterocycles. The second-order valence-corrected chi connectivity index (χ2v) is 7.62. The highest BCUT2D eigenvalue weighted by atomic mass is 16.2. The molecule has 0 radical (unpaired) electrons. The maximum Gasteiger partial charge on any atom is 0.236 e. The van der Waals surface area contributed by atoms with Crippen molar-refractivity contribution in [1.82, 2.24) is 14.7 Å². The number of amides is 1. The zero-order valence-electron chi connectivity index (χ0n) is 16.0. The molecule has 0 aliphatic carbocycles. The van der Waals surface area contributed by atoms with Gasteiger partial charge in [-0.3, -0.25) is 14.6 Å². The second-order valence-electron chi connectivity index (χ2n) is 7.62. The molecule has 27 heavy (non-hydrogen) atoms. The number of carbonyl (C=O) groups excluding carboxylic acids is 1. The lowest BCUT2D eigenvalue weighted by atomic mass is 9.96. The smallest absolute Gasteiger partial charge is 0.236 e. The average Bonchev–Trinajstić information content (AvgIpc) is 3.26. The lowest BCUT2D eigenvalue weighted by molar-refractivity contribution is -0.131. The molecule has 0 spiro atoms. The fraction of sp³-hybridized carbons (Fsp3) is 0.435. The standard InChI is InChI=1S/C23H29N3O/c27-22(25-13-7-8-14-25)19-24-15-17-26(18-16-24)23(20-9-3-1-4-10-20)21-11-5-2-6-12-21/h1-6,9-12,23H,7-8,13-19H2. The topological polar surface area (TPSA) is 26.8 Å². The minimum atomic E-state index is 0.281. The molecule has 2 aromatic rings. The Labute approximate surface area is 162 Å². The number of piperazine rings is 1. The highest BCUT2D eigenvalue weighted by Crippen LogP contribution is 2.29. The summed E-state index contributed by atoms with van der Waals surface area (Å²) in [5.41, 5.74) is 2.68. The van der Waals surface area contributed by atoms with Crippen LogP contribution in [-0.2, 0) is 4.79 Å². The van der Waals surface area contributed by atoms with Crippen molar-refractivity contribution in [2.45, 2.75) is 18.9 Å². The van der Waals surface area contributed by atoms with E-state index in [1.54, 1.807) is 0 Å². The molecular weight excluding hydrogens is 334 g/mol. The SMILES string of the molecule is O=C(CN1CCN(C(c2ccccc2)c2ccccc2)CC1)N1CCCC1. The van der Waals surface area contributed by atoms with E-state index in [0.717, 1.165) is 52.1 Å². The predicted molar refractivity (Wildman–Crippen MR) is 109 cm³/mol. The molecule has 2 saturated heterocycles. The number of benzene rings is 2. The fourth-order valence-corrected chi connectivity index (χ4v) is 4.32. The largest absolute Gasteiger partial charge is 0.342 e. The van der Waals surface area contributed by atoms with Gasteiger partial charge in [0.25, 0.3) is 0 Å². The number of likely N-dealkylation sites (tertiary alicyclic amines) is 1. The monoisotopic (exact) mass is 363 g/mol. The van der Waals surface area contributed by atoms with E-state index in [9.17, 15) is 4.79 Å². The van der Waals surface area contributed by atoms with Crippen LogP contribution in [0.15, 0.2) is 60.7 Å². The van der Waals surface area contributed by atoms with Gasteiger partial charge in [0.05, 0.1) is 12.6 Å². The molecule has 2 fully saturated rings. The van der Waals surface area contributed by atoms with E-state index in [0.29, 0.717) is 12.5 Å². The Hall–Kier alpha value is -2.17. The molecule has 0 saturated carbocycles. The summed E-state index contributed by atoms with van der Waals surface area (Å²) in [6, 6.07) is 21.8. The molecular formula is C23H29N3O. The van der Waals surface area contributed by atoms with Gasteiger partial charge < -0.3 is 4.90 Å². The van der Waals surface area contributed by atoms with Crippen LogP contribution in [0.3, 0.4) is 0 Å². The molecule has 1 amide bonds. The Morgan fingerprint density at radius 1 is 0.741 bits per heavy atom. The van der Waals surface area contributed by atoms with Gasteiger partial charge in [-0.1, -0.05) is 60.7 Å². The van der Waals surface area contributed by atoms with E-state index in [1.165, 1.54) is 11.1 Å². The summed E-state index contributed by atoms with van der Waals surface area (Å²) in [5, 5.41) is 0. The number of hydrogen-bond acceptors (Lipinski definition) is 3. The first kappa shape index (κ1) is 18.2. The van der Waals surface area contributed by atoms with Gasteiger partial charge in [0.2, 0.25) is 5.91 Å². The van der Waals surface area contributed by atoms with Gasteiger partial charge in [0, 0.05) is 39.3 Å². The van der Waals surface area contributed by atoms with Crippen LogP contribution in [0.5, 0.6) is 0 Å². The molecule has 0 bridgehead atoms. The molecule has 142 valence electrons. The lowest BCUT2D eigenvalue weighted by Crippen LogP contribution is -2.50. The van der Waals surface area contributed by atoms with Crippen molar-refractivity contribution in [3.8, 4) is 0 Å². The van der Waals surface area contributed by atoms with Crippen molar-refractivity contribution in [1.29, 1.82) is 0 Å². The van der Waals surface area contributed by atoms with E-state index >= 15 is 0 Å². The van der Waals surface area contributed by atoms with E-state index in [-0.39, 0.29) is 6.04 Å². The van der Waals surface area contributed by atoms with Crippen LogP contribution < -0.4 is 0 Å². The maximum absolute atomic E-state index is 12.4. The molecule has 2 aromatic carbocycles. The molecule has 4 nitrogen and oxygen atoms in total. The summed E-state index contributed by atoms with van der Waals surface area (Å²) >= 11 is 0. The van der Waals surface area contributed by atoms with E-state index in [4.69, 9.17) is 0 Å². The van der Waals surface area contributed by atoms with Gasteiger partial charge in [-0.15, -0.1) is 0 Å². The zero-order chi connectivity index (χ0) is 18.5. The summed E-state index contributed by atoms with van der Waals surface area (Å²) < 4.78 is 0. The molecule has 4 heteroatoms. The Kier molecular flexibility index (Phi) is 5.85. The molecule has 0 aromatic heterocycles. The van der Waals surface area contributed by atoms with Crippen LogP contribution in [0.4, 0.5) is 0 Å². The first-order valence-corrected chi connectivity index (χ1v) is 10.2. The van der Waals surface area contributed by atoms with Crippen molar-refractivity contribution in [3.05, 3.63) is 71.8 Å². The van der Waals surface area contributed by atoms with Gasteiger partial charge in [-0.2, -0.15) is 0 Å². The summed E-state index contributed by atoms with van der Waals surface area (Å²) in [5.74, 6) is 0.309. The Balaban J connectivity index is 1.42. The van der Waals surface area contributed by atoms with Crippen LogP contribution >= 0.6 is 0 Å². The minimum absolute atomic E-state index is 0.281. The number of hydrogen-bond donors (Lipinski definition) is 0. The quantitative estimate of drug-likeness (QED) is 0.817. The third-order valence-electron chi connectivity index (χ3n) is 5.82. The van der Waals surface area contributed by atoms with Crippen LogP contribution in [-0.4, -0.2) is 66.4 Å². The Morgan fingerprint density at radius 3 is 1.78 bits per heavy atom. The lowest BCUT2D eigenvalue weighted by Gasteiger charge is -2.39. The van der Waals surface area contributed by atoms with E-state index < -0.39 is 0 Å². The van der Waals surface area contributed by atoms with Crippen molar-refractivity contribution >= 4 is 5.91 Å². The van der Waals surface area contributed by atoms with Crippen molar-refractivity contribution in [3.63, 3.8) is 0 Å². The van der Waals surface area contributed by atoms with Gasteiger partial charge in [-0.25, -0.2) is 0 Å². The first-order chi connectivity index (χ1) is 13.3. The van der Waals surface area contributed by atoms with Crippen LogP contribution in [0, 0.1) is 0 Å². The van der Waals surface area contributed by atoms with Gasteiger partial charge >= 0.3 is 0 Å². The molecule has 2 aliphatic heterocycles. The molecule has 2 aliphatic rings. The normalized spacial score (nSPS) is 18.9. The first-order valence-electron chi connectivity index (χ1n) is 10.2. The molecule has 0 N–H and O–H groups in total. The van der Waals surface area contributed by atoms with Crippen molar-refractivity contribution < 1.29 is 4.79 Å². The highest BCUT2D eigenvalue weighted by Gasteiger charge is 2.28. The maximum atomic E-state index is 12.4. The zero-order valence-corrected chi connectivity index (χ0v) is 16.0. The third-order valence-corrected chi connectivity index (χ3v) is 5.82. The average molecular weight is 364 g/mol. The van der Waals surface area contributed by atoms with Crippen molar-refractivity contribution in [2.75, 3.05) is 45.8 Å². The molecule has 0 atom stereocenters. The number of nitrogens with zero attached hydrogens (tertiary/aromatic N) is 3. The summed E-state index contributed by atoms with van der Waals surface area (Å²) in [7, 11) is 0. The highest BCUT2D eigenvalue weighted by molar-refractivity contribution is 5.78. The number of carbonyl (C=O) groups is 1. The van der Waals surface area contributed by atoms with Crippen LogP contribution in [0.2, 0.25) is 0 Å². The van der Waals surface area contributed by atoms with Crippen LogP contribution in [0.25, 0.3) is 0 Å². The molecule has 4 rings (SSSR count). The van der Waals surface area contributed by atoms with Gasteiger partial charge in [-0.05, 0) is 24.0 Å². The van der Waals surface area contributed by atoms with E-state index in [1.807, 2.05) is 4.90 Å². The summed E-state index contributed by atoms with van der Waals surface area (Å²) in [4.78, 5) is 19.4. The van der Waals surface area contributed by atoms with Crippen molar-refractivity contribution in [2.24, 2.45) is 0 Å². The Morgan fingerprint density at radius 2 is 1.26 bits per heavy atom. The van der Waals surface area contributed by atoms with Gasteiger partial charge in [0.15, 0.2) is 0 Å². The van der Waals surface area contributed by atoms with Gasteiger partial charge in [0.1, 0.15) is 0 Å². The molecule has 0 unspecified atom stereocenters. The summed E-state index contributed by atoms with van der Waals surface area (Å²) in [6.07, 6.45) is 2.32. The Bertz CT molecular complexity index is 680. The number of rotatable bonds is 5. The van der Waals surface area contributed by atoms with Crippen LogP contribution in [0.1, 0.15) is 30.0 Å². The third kappa shape index (κ3) is 4.40. The second kappa shape index (κ2) is 8.68. The minimum Gasteiger partial charge on any atom is -0.342 e. The fourth-order valence-electron chi connectivity index (χ4n) is 4.32. The summed E-state index contributed by atoms with van der Waals surface area (Å²) in [6.45, 7) is 6.36. The van der Waals surface area contributed by atoms with E-state index in [2.05, 4.69) is 70.5 Å².